The predicted octanol–water partition coefficient (Wildman–Crippen LogP) is 3.61. The van der Waals surface area contributed by atoms with Gasteiger partial charge in [-0.25, -0.2) is 0 Å². The molecule has 2 aromatic carbocycles. The van der Waals surface area contributed by atoms with Crippen LogP contribution in [-0.4, -0.2) is 11.1 Å². The molecular weight excluding hydrogens is 244 g/mol. The molecule has 0 saturated heterocycles. The Hall–Kier alpha value is -1.74. The van der Waals surface area contributed by atoms with Gasteiger partial charge in [-0.15, -0.1) is 11.8 Å². The zero-order chi connectivity index (χ0) is 12.8. The average molecular weight is 258 g/mol. The summed E-state index contributed by atoms with van der Waals surface area (Å²) >= 11 is 1.75. The highest BCUT2D eigenvalue weighted by atomic mass is 32.2. The number of carboxylic acids is 1. The third-order valence-electron chi connectivity index (χ3n) is 2.53. The summed E-state index contributed by atoms with van der Waals surface area (Å²) in [6.07, 6.45) is 0.0869. The number of hydrogen-bond acceptors (Lipinski definition) is 2. The van der Waals surface area contributed by atoms with Crippen molar-refractivity contribution >= 4 is 17.7 Å². The maximum absolute atomic E-state index is 10.6. The Kier molecular flexibility index (Phi) is 4.42. The van der Waals surface area contributed by atoms with Crippen molar-refractivity contribution in [2.24, 2.45) is 0 Å². The number of benzene rings is 2. The first-order valence-electron chi connectivity index (χ1n) is 5.71. The summed E-state index contributed by atoms with van der Waals surface area (Å²) < 4.78 is 0. The van der Waals surface area contributed by atoms with Crippen molar-refractivity contribution in [2.75, 3.05) is 0 Å². The number of thioether (sulfide) groups is 1. The van der Waals surface area contributed by atoms with E-state index in [4.69, 9.17) is 5.11 Å². The van der Waals surface area contributed by atoms with Gasteiger partial charge in [-0.05, 0) is 23.3 Å². The smallest absolute Gasteiger partial charge is 0.307 e. The van der Waals surface area contributed by atoms with Crippen LogP contribution in [-0.2, 0) is 17.0 Å². The van der Waals surface area contributed by atoms with Crippen molar-refractivity contribution in [1.29, 1.82) is 0 Å². The van der Waals surface area contributed by atoms with Gasteiger partial charge in [0.05, 0.1) is 6.42 Å². The quantitative estimate of drug-likeness (QED) is 0.832. The van der Waals surface area contributed by atoms with Crippen molar-refractivity contribution in [3.05, 3.63) is 65.7 Å². The lowest BCUT2D eigenvalue weighted by Gasteiger charge is -2.03. The fourth-order valence-corrected chi connectivity index (χ4v) is 2.47. The molecule has 0 radical (unpaired) electrons. The lowest BCUT2D eigenvalue weighted by atomic mass is 10.2. The minimum atomic E-state index is -0.792. The van der Waals surface area contributed by atoms with E-state index in [-0.39, 0.29) is 6.42 Å². The fourth-order valence-electron chi connectivity index (χ4n) is 1.62. The van der Waals surface area contributed by atoms with E-state index in [0.29, 0.717) is 0 Å². The molecule has 2 nitrogen and oxygen atoms in total. The summed E-state index contributed by atoms with van der Waals surface area (Å²) in [6, 6.07) is 18.0. The molecule has 0 aromatic heterocycles. The zero-order valence-corrected chi connectivity index (χ0v) is 10.7. The van der Waals surface area contributed by atoms with Crippen LogP contribution in [0.25, 0.3) is 0 Å². The fraction of sp³-hybridized carbons (Fsp3) is 0.133. The molecule has 0 aliphatic heterocycles. The van der Waals surface area contributed by atoms with Crippen molar-refractivity contribution in [2.45, 2.75) is 17.1 Å². The molecule has 2 aromatic rings. The molecule has 92 valence electrons. The Morgan fingerprint density at radius 3 is 2.22 bits per heavy atom. The third-order valence-corrected chi connectivity index (χ3v) is 3.61. The summed E-state index contributed by atoms with van der Waals surface area (Å²) in [5.41, 5.74) is 2.13. The van der Waals surface area contributed by atoms with Gasteiger partial charge in [0.25, 0.3) is 0 Å². The highest BCUT2D eigenvalue weighted by molar-refractivity contribution is 7.98. The van der Waals surface area contributed by atoms with Crippen LogP contribution >= 0.6 is 11.8 Å². The van der Waals surface area contributed by atoms with Crippen LogP contribution in [0.15, 0.2) is 59.5 Å². The molecular formula is C15H14O2S. The van der Waals surface area contributed by atoms with Gasteiger partial charge in [0.1, 0.15) is 0 Å². The normalized spacial score (nSPS) is 10.2. The molecule has 0 heterocycles. The average Bonchev–Trinajstić information content (AvgIpc) is 2.38. The number of rotatable bonds is 5. The summed E-state index contributed by atoms with van der Waals surface area (Å²) in [6.45, 7) is 0. The summed E-state index contributed by atoms with van der Waals surface area (Å²) in [4.78, 5) is 11.7. The van der Waals surface area contributed by atoms with Crippen molar-refractivity contribution in [1.82, 2.24) is 0 Å². The molecule has 0 atom stereocenters. The maximum atomic E-state index is 10.6. The van der Waals surface area contributed by atoms with Gasteiger partial charge < -0.3 is 5.11 Å². The molecule has 0 aliphatic carbocycles. The largest absolute Gasteiger partial charge is 0.481 e. The molecule has 0 spiro atoms. The van der Waals surface area contributed by atoms with Crippen LogP contribution in [0.5, 0.6) is 0 Å². The molecule has 3 heteroatoms. The van der Waals surface area contributed by atoms with E-state index in [9.17, 15) is 4.79 Å². The molecule has 0 saturated carbocycles. The van der Waals surface area contributed by atoms with E-state index in [1.54, 1.807) is 11.8 Å². The van der Waals surface area contributed by atoms with E-state index in [1.807, 2.05) is 42.5 Å². The highest BCUT2D eigenvalue weighted by Gasteiger charge is 2.01. The lowest BCUT2D eigenvalue weighted by Crippen LogP contribution is -1.99. The molecule has 0 fully saturated rings. The Labute approximate surface area is 111 Å². The van der Waals surface area contributed by atoms with Gasteiger partial charge in [0.15, 0.2) is 0 Å². The van der Waals surface area contributed by atoms with Gasteiger partial charge in [0.2, 0.25) is 0 Å². The number of carboxylic acid groups (broad SMARTS) is 1. The van der Waals surface area contributed by atoms with E-state index in [0.717, 1.165) is 16.2 Å². The first-order valence-corrected chi connectivity index (χ1v) is 6.70. The number of carbonyl (C=O) groups is 1. The molecule has 2 rings (SSSR count). The highest BCUT2D eigenvalue weighted by Crippen LogP contribution is 2.22. The molecule has 18 heavy (non-hydrogen) atoms. The molecule has 1 N–H and O–H groups in total. The second-order valence-electron chi connectivity index (χ2n) is 3.99. The Morgan fingerprint density at radius 2 is 1.61 bits per heavy atom. The Bertz CT molecular complexity index is 506. The van der Waals surface area contributed by atoms with Crippen molar-refractivity contribution in [3.63, 3.8) is 0 Å². The van der Waals surface area contributed by atoms with Crippen LogP contribution < -0.4 is 0 Å². The van der Waals surface area contributed by atoms with Gasteiger partial charge in [0, 0.05) is 10.6 Å². The Morgan fingerprint density at radius 1 is 0.944 bits per heavy atom. The van der Waals surface area contributed by atoms with E-state index in [1.165, 1.54) is 5.56 Å². The van der Waals surface area contributed by atoms with Gasteiger partial charge in [-0.1, -0.05) is 42.5 Å². The monoisotopic (exact) mass is 258 g/mol. The van der Waals surface area contributed by atoms with E-state index in [2.05, 4.69) is 12.1 Å². The first kappa shape index (κ1) is 12.7. The molecule has 0 bridgehead atoms. The summed E-state index contributed by atoms with van der Waals surface area (Å²) in [7, 11) is 0. The van der Waals surface area contributed by atoms with Crippen molar-refractivity contribution < 1.29 is 9.90 Å². The van der Waals surface area contributed by atoms with Crippen LogP contribution in [0.2, 0.25) is 0 Å². The van der Waals surface area contributed by atoms with Gasteiger partial charge in [-0.2, -0.15) is 0 Å². The van der Waals surface area contributed by atoms with Gasteiger partial charge >= 0.3 is 5.97 Å². The zero-order valence-electron chi connectivity index (χ0n) is 9.87. The molecule has 0 unspecified atom stereocenters. The molecule has 0 aliphatic rings. The minimum Gasteiger partial charge on any atom is -0.481 e. The van der Waals surface area contributed by atoms with Gasteiger partial charge in [-0.3, -0.25) is 4.79 Å². The maximum Gasteiger partial charge on any atom is 0.307 e. The second kappa shape index (κ2) is 6.26. The minimum absolute atomic E-state index is 0.0869. The second-order valence-corrected chi connectivity index (χ2v) is 5.04. The first-order chi connectivity index (χ1) is 8.74. The van der Waals surface area contributed by atoms with Crippen molar-refractivity contribution in [3.8, 4) is 0 Å². The van der Waals surface area contributed by atoms with Crippen LogP contribution in [0, 0.1) is 0 Å². The predicted molar refractivity (Wildman–Crippen MR) is 73.8 cm³/mol. The van der Waals surface area contributed by atoms with Crippen LogP contribution in [0.3, 0.4) is 0 Å². The van der Waals surface area contributed by atoms with E-state index < -0.39 is 5.97 Å². The van der Waals surface area contributed by atoms with E-state index >= 15 is 0 Å². The van der Waals surface area contributed by atoms with Crippen LogP contribution in [0.1, 0.15) is 11.1 Å². The standard InChI is InChI=1S/C15H14O2S/c16-15(17)10-12-6-8-14(9-7-12)18-11-13-4-2-1-3-5-13/h1-9H,10-11H2,(H,16,17). The Balaban J connectivity index is 1.92. The topological polar surface area (TPSA) is 37.3 Å². The SMILES string of the molecule is O=C(O)Cc1ccc(SCc2ccccc2)cc1. The summed E-state index contributed by atoms with van der Waals surface area (Å²) in [5.74, 6) is 0.138. The van der Waals surface area contributed by atoms with Crippen LogP contribution in [0.4, 0.5) is 0 Å². The summed E-state index contributed by atoms with van der Waals surface area (Å²) in [5, 5.41) is 8.68. The molecule has 0 amide bonds. The number of aliphatic carboxylic acids is 1. The number of hydrogen-bond donors (Lipinski definition) is 1. The lowest BCUT2D eigenvalue weighted by molar-refractivity contribution is -0.136. The third kappa shape index (κ3) is 3.93.